The van der Waals surface area contributed by atoms with Crippen LogP contribution >= 0.6 is 0 Å². The van der Waals surface area contributed by atoms with Crippen molar-refractivity contribution in [3.63, 3.8) is 0 Å². The van der Waals surface area contributed by atoms with E-state index in [2.05, 4.69) is 43.3 Å². The third kappa shape index (κ3) is 2.37. The van der Waals surface area contributed by atoms with E-state index in [9.17, 15) is 0 Å². The van der Waals surface area contributed by atoms with Crippen molar-refractivity contribution in [1.82, 2.24) is 0 Å². The summed E-state index contributed by atoms with van der Waals surface area (Å²) in [6, 6.07) is 10.8. The van der Waals surface area contributed by atoms with E-state index in [0.29, 0.717) is 0 Å². The molecule has 0 amide bonds. The fourth-order valence-electron chi connectivity index (χ4n) is 3.50. The van der Waals surface area contributed by atoms with Crippen LogP contribution in [-0.4, -0.2) is 11.7 Å². The van der Waals surface area contributed by atoms with E-state index in [4.69, 9.17) is 4.74 Å². The average molecular weight is 242 g/mol. The van der Waals surface area contributed by atoms with Gasteiger partial charge in [0.2, 0.25) is 0 Å². The van der Waals surface area contributed by atoms with Crippen LogP contribution in [-0.2, 0) is 4.74 Å². The Bertz CT molecular complexity index is 426. The predicted molar refractivity (Wildman–Crippen MR) is 75.4 cm³/mol. The molecule has 18 heavy (non-hydrogen) atoms. The lowest BCUT2D eigenvalue weighted by Crippen LogP contribution is -2.40. The zero-order valence-electron chi connectivity index (χ0n) is 11.2. The van der Waals surface area contributed by atoms with Gasteiger partial charge in [-0.1, -0.05) is 55.7 Å². The molecule has 1 aliphatic heterocycles. The first kappa shape index (κ1) is 12.0. The Morgan fingerprint density at radius 1 is 1.06 bits per heavy atom. The Hall–Kier alpha value is -1.08. The van der Waals surface area contributed by atoms with E-state index >= 15 is 0 Å². The molecule has 0 radical (unpaired) electrons. The molecule has 1 aromatic carbocycles. The summed E-state index contributed by atoms with van der Waals surface area (Å²) in [5.41, 5.74) is 2.99. The Morgan fingerprint density at radius 2 is 1.78 bits per heavy atom. The molecular formula is C17H22O. The highest BCUT2D eigenvalue weighted by atomic mass is 16.5. The van der Waals surface area contributed by atoms with Crippen LogP contribution < -0.4 is 0 Å². The van der Waals surface area contributed by atoms with Crippen molar-refractivity contribution < 1.29 is 4.74 Å². The fourth-order valence-corrected chi connectivity index (χ4v) is 3.50. The van der Waals surface area contributed by atoms with Gasteiger partial charge in [0.25, 0.3) is 0 Å². The number of benzene rings is 1. The van der Waals surface area contributed by atoms with Crippen molar-refractivity contribution in [3.05, 3.63) is 42.0 Å². The number of rotatable bonds is 1. The molecule has 1 atom stereocenters. The summed E-state index contributed by atoms with van der Waals surface area (Å²) in [5.74, 6) is 0. The molecule has 1 heterocycles. The minimum atomic E-state index is 0.136. The molecule has 1 fully saturated rings. The van der Waals surface area contributed by atoms with Gasteiger partial charge in [0.1, 0.15) is 0 Å². The van der Waals surface area contributed by atoms with Gasteiger partial charge in [-0.25, -0.2) is 0 Å². The topological polar surface area (TPSA) is 9.23 Å². The van der Waals surface area contributed by atoms with Crippen LogP contribution in [0.15, 0.2) is 36.4 Å². The highest BCUT2D eigenvalue weighted by molar-refractivity contribution is 5.67. The number of ether oxygens (including phenoxy) is 1. The Labute approximate surface area is 110 Å². The average Bonchev–Trinajstić information content (AvgIpc) is 2.40. The SMILES string of the molecule is CC1C=C(c2ccccc2)CC2(CCCCC2)O1. The first-order valence-electron chi connectivity index (χ1n) is 7.21. The molecule has 96 valence electrons. The van der Waals surface area contributed by atoms with Gasteiger partial charge in [0.05, 0.1) is 11.7 Å². The second-order valence-electron chi connectivity index (χ2n) is 5.80. The molecule has 1 unspecified atom stereocenters. The first-order valence-corrected chi connectivity index (χ1v) is 7.21. The van der Waals surface area contributed by atoms with Gasteiger partial charge >= 0.3 is 0 Å². The molecule has 0 saturated heterocycles. The van der Waals surface area contributed by atoms with Crippen molar-refractivity contribution in [2.24, 2.45) is 0 Å². The van der Waals surface area contributed by atoms with E-state index in [1.165, 1.54) is 43.2 Å². The van der Waals surface area contributed by atoms with Gasteiger partial charge in [-0.05, 0) is 30.9 Å². The molecule has 1 spiro atoms. The molecule has 0 bridgehead atoms. The third-order valence-corrected chi connectivity index (χ3v) is 4.29. The lowest BCUT2D eigenvalue weighted by molar-refractivity contribution is -0.0938. The predicted octanol–water partition coefficient (Wildman–Crippen LogP) is 4.58. The summed E-state index contributed by atoms with van der Waals surface area (Å²) in [6.07, 6.45) is 10.2. The van der Waals surface area contributed by atoms with Crippen molar-refractivity contribution in [2.45, 2.75) is 57.2 Å². The summed E-state index contributed by atoms with van der Waals surface area (Å²) in [5, 5.41) is 0. The third-order valence-electron chi connectivity index (χ3n) is 4.29. The van der Waals surface area contributed by atoms with Gasteiger partial charge < -0.3 is 4.74 Å². The van der Waals surface area contributed by atoms with Crippen LogP contribution in [0.1, 0.15) is 51.0 Å². The van der Waals surface area contributed by atoms with E-state index in [0.717, 1.165) is 6.42 Å². The normalized spacial score (nSPS) is 26.9. The van der Waals surface area contributed by atoms with Crippen LogP contribution in [0.2, 0.25) is 0 Å². The molecule has 1 nitrogen and oxygen atoms in total. The van der Waals surface area contributed by atoms with Gasteiger partial charge in [-0.3, -0.25) is 0 Å². The van der Waals surface area contributed by atoms with Gasteiger partial charge in [-0.15, -0.1) is 0 Å². The number of hydrogen-bond acceptors (Lipinski definition) is 1. The van der Waals surface area contributed by atoms with E-state index in [1.807, 2.05) is 0 Å². The standard InChI is InChI=1S/C17H22O/c1-14-12-16(15-8-4-2-5-9-15)13-17(18-14)10-6-3-7-11-17/h2,4-5,8-9,12,14H,3,6-7,10-11,13H2,1H3. The summed E-state index contributed by atoms with van der Waals surface area (Å²) >= 11 is 0. The molecular weight excluding hydrogens is 220 g/mol. The van der Waals surface area contributed by atoms with Crippen molar-refractivity contribution in [2.75, 3.05) is 0 Å². The molecule has 1 saturated carbocycles. The maximum atomic E-state index is 6.29. The molecule has 1 aliphatic carbocycles. The van der Waals surface area contributed by atoms with Crippen LogP contribution in [0.5, 0.6) is 0 Å². The highest BCUT2D eigenvalue weighted by Gasteiger charge is 2.37. The van der Waals surface area contributed by atoms with Crippen LogP contribution in [0.4, 0.5) is 0 Å². The molecule has 2 aliphatic rings. The maximum absolute atomic E-state index is 6.29. The van der Waals surface area contributed by atoms with Crippen LogP contribution in [0.3, 0.4) is 0 Å². The van der Waals surface area contributed by atoms with Gasteiger partial charge in [-0.2, -0.15) is 0 Å². The van der Waals surface area contributed by atoms with E-state index in [1.54, 1.807) is 0 Å². The molecule has 1 heteroatoms. The van der Waals surface area contributed by atoms with Crippen molar-refractivity contribution in [3.8, 4) is 0 Å². The second kappa shape index (κ2) is 4.89. The molecule has 0 aromatic heterocycles. The largest absolute Gasteiger partial charge is 0.368 e. The summed E-state index contributed by atoms with van der Waals surface area (Å²) in [6.45, 7) is 2.18. The first-order chi connectivity index (χ1) is 8.77. The van der Waals surface area contributed by atoms with E-state index in [-0.39, 0.29) is 11.7 Å². The summed E-state index contributed by atoms with van der Waals surface area (Å²) in [7, 11) is 0. The van der Waals surface area contributed by atoms with Crippen LogP contribution in [0.25, 0.3) is 5.57 Å². The molecule has 0 N–H and O–H groups in total. The zero-order chi connectivity index (χ0) is 12.4. The van der Waals surface area contributed by atoms with Crippen molar-refractivity contribution >= 4 is 5.57 Å². The van der Waals surface area contributed by atoms with E-state index < -0.39 is 0 Å². The lowest BCUT2D eigenvalue weighted by Gasteiger charge is -2.42. The van der Waals surface area contributed by atoms with Crippen LogP contribution in [0, 0.1) is 0 Å². The maximum Gasteiger partial charge on any atom is 0.0741 e. The van der Waals surface area contributed by atoms with Crippen molar-refractivity contribution in [1.29, 1.82) is 0 Å². The minimum absolute atomic E-state index is 0.136. The second-order valence-corrected chi connectivity index (χ2v) is 5.80. The molecule has 3 rings (SSSR count). The Morgan fingerprint density at radius 3 is 2.50 bits per heavy atom. The van der Waals surface area contributed by atoms with Gasteiger partial charge in [0.15, 0.2) is 0 Å². The summed E-state index contributed by atoms with van der Waals surface area (Å²) in [4.78, 5) is 0. The monoisotopic (exact) mass is 242 g/mol. The zero-order valence-corrected chi connectivity index (χ0v) is 11.2. The Kier molecular flexibility index (Phi) is 3.25. The number of hydrogen-bond donors (Lipinski definition) is 0. The smallest absolute Gasteiger partial charge is 0.0741 e. The van der Waals surface area contributed by atoms with Gasteiger partial charge in [0, 0.05) is 6.42 Å². The highest BCUT2D eigenvalue weighted by Crippen LogP contribution is 2.43. The minimum Gasteiger partial charge on any atom is -0.368 e. The Balaban J connectivity index is 1.87. The fraction of sp³-hybridized carbons (Fsp3) is 0.529. The molecule has 1 aromatic rings. The lowest BCUT2D eigenvalue weighted by atomic mass is 9.77. The summed E-state index contributed by atoms with van der Waals surface area (Å²) < 4.78 is 6.29. The quantitative estimate of drug-likeness (QED) is 0.700.